The number of alkyl halides is 3. The molecule has 2 aromatic carbocycles. The molecule has 1 atom stereocenters. The molecule has 0 saturated carbocycles. The third-order valence-electron chi connectivity index (χ3n) is 4.89. The molecule has 0 aliphatic carbocycles. The molecule has 0 bridgehead atoms. The number of benzene rings is 2. The second kappa shape index (κ2) is 7.76. The molecule has 0 saturated heterocycles. The highest BCUT2D eigenvalue weighted by molar-refractivity contribution is 5.49. The van der Waals surface area contributed by atoms with Gasteiger partial charge in [0, 0.05) is 6.04 Å². The predicted molar refractivity (Wildman–Crippen MR) is 93.7 cm³/mol. The number of halogens is 4. The van der Waals surface area contributed by atoms with E-state index in [0.717, 1.165) is 30.2 Å². The first-order chi connectivity index (χ1) is 12.8. The van der Waals surface area contributed by atoms with Crippen LogP contribution in [0.15, 0.2) is 30.3 Å². The number of nitrogens with one attached hydrogen (secondary N) is 1. The topological polar surface area (TPSA) is 30.5 Å². The Hall–Kier alpha value is -2.28. The van der Waals surface area contributed by atoms with Crippen LogP contribution < -0.4 is 14.8 Å². The van der Waals surface area contributed by atoms with Crippen LogP contribution in [0.1, 0.15) is 34.7 Å². The molecule has 1 heterocycles. The van der Waals surface area contributed by atoms with Crippen LogP contribution in [-0.4, -0.2) is 20.8 Å². The van der Waals surface area contributed by atoms with E-state index in [-0.39, 0.29) is 18.0 Å². The smallest absolute Gasteiger partial charge is 0.419 e. The zero-order chi connectivity index (χ0) is 19.6. The largest absolute Gasteiger partial charge is 0.493 e. The molecule has 1 aliphatic rings. The molecule has 3 rings (SSSR count). The van der Waals surface area contributed by atoms with Gasteiger partial charge in [-0.3, -0.25) is 0 Å². The molecular weight excluding hydrogens is 362 g/mol. The van der Waals surface area contributed by atoms with Crippen molar-refractivity contribution in [3.8, 4) is 11.5 Å². The zero-order valence-corrected chi connectivity index (χ0v) is 15.1. The monoisotopic (exact) mass is 383 g/mol. The third kappa shape index (κ3) is 4.03. The minimum Gasteiger partial charge on any atom is -0.493 e. The molecule has 146 valence electrons. The highest BCUT2D eigenvalue weighted by atomic mass is 19.4. The lowest BCUT2D eigenvalue weighted by atomic mass is 9.89. The second-order valence-electron chi connectivity index (χ2n) is 6.48. The van der Waals surface area contributed by atoms with E-state index in [2.05, 4.69) is 5.32 Å². The molecule has 0 amide bonds. The highest BCUT2D eigenvalue weighted by Crippen LogP contribution is 2.37. The SMILES string of the molecule is COc1cc2c(cc1OC)[C@H](CCc1cccc(C(F)(F)F)c1F)NCC2. The average Bonchev–Trinajstić information content (AvgIpc) is 2.65. The molecule has 27 heavy (non-hydrogen) atoms. The van der Waals surface area contributed by atoms with E-state index in [1.165, 1.54) is 12.1 Å². The Labute approximate surface area is 155 Å². The van der Waals surface area contributed by atoms with Crippen LogP contribution in [0.2, 0.25) is 0 Å². The summed E-state index contributed by atoms with van der Waals surface area (Å²) in [6.07, 6.45) is -3.22. The summed E-state index contributed by atoms with van der Waals surface area (Å²) in [4.78, 5) is 0. The molecule has 0 spiro atoms. The number of fused-ring (bicyclic) bond motifs is 1. The van der Waals surface area contributed by atoms with Crippen molar-refractivity contribution in [2.75, 3.05) is 20.8 Å². The Kier molecular flexibility index (Phi) is 5.60. The van der Waals surface area contributed by atoms with Crippen LogP contribution in [0.25, 0.3) is 0 Å². The lowest BCUT2D eigenvalue weighted by molar-refractivity contribution is -0.140. The zero-order valence-electron chi connectivity index (χ0n) is 15.1. The molecule has 2 aromatic rings. The van der Waals surface area contributed by atoms with Crippen molar-refractivity contribution in [1.29, 1.82) is 0 Å². The van der Waals surface area contributed by atoms with Crippen molar-refractivity contribution in [3.63, 3.8) is 0 Å². The van der Waals surface area contributed by atoms with Gasteiger partial charge >= 0.3 is 6.18 Å². The van der Waals surface area contributed by atoms with Crippen LogP contribution in [-0.2, 0) is 19.0 Å². The summed E-state index contributed by atoms with van der Waals surface area (Å²) in [6, 6.07) is 7.13. The molecule has 7 heteroatoms. The van der Waals surface area contributed by atoms with Crippen molar-refractivity contribution in [2.24, 2.45) is 0 Å². The molecule has 3 nitrogen and oxygen atoms in total. The third-order valence-corrected chi connectivity index (χ3v) is 4.89. The van der Waals surface area contributed by atoms with Crippen molar-refractivity contribution < 1.29 is 27.0 Å². The van der Waals surface area contributed by atoms with Gasteiger partial charge in [0.2, 0.25) is 0 Å². The van der Waals surface area contributed by atoms with Gasteiger partial charge in [0.15, 0.2) is 11.5 Å². The summed E-state index contributed by atoms with van der Waals surface area (Å²) >= 11 is 0. The Bertz CT molecular complexity index is 820. The standard InChI is InChI=1S/C20H21F4NO2/c1-26-17-10-13-8-9-25-16(14(13)11-18(17)27-2)7-6-12-4-3-5-15(19(12)21)20(22,23)24/h3-5,10-11,16,25H,6-9H2,1-2H3/t16-/m0/s1. The maximum absolute atomic E-state index is 14.3. The van der Waals surface area contributed by atoms with Gasteiger partial charge in [-0.25, -0.2) is 4.39 Å². The molecule has 0 aromatic heterocycles. The van der Waals surface area contributed by atoms with Gasteiger partial charge < -0.3 is 14.8 Å². The number of aryl methyl sites for hydroxylation is 1. The van der Waals surface area contributed by atoms with Crippen molar-refractivity contribution in [2.45, 2.75) is 31.5 Å². The molecule has 0 radical (unpaired) electrons. The maximum atomic E-state index is 14.3. The number of rotatable bonds is 5. The van der Waals surface area contributed by atoms with Crippen molar-refractivity contribution in [1.82, 2.24) is 5.32 Å². The summed E-state index contributed by atoms with van der Waals surface area (Å²) in [5.41, 5.74) is 0.954. The maximum Gasteiger partial charge on any atom is 0.419 e. The van der Waals surface area contributed by atoms with Gasteiger partial charge in [0.1, 0.15) is 5.82 Å². The fraction of sp³-hybridized carbons (Fsp3) is 0.400. The van der Waals surface area contributed by atoms with E-state index in [9.17, 15) is 17.6 Å². The summed E-state index contributed by atoms with van der Waals surface area (Å²) in [6.45, 7) is 0.734. The summed E-state index contributed by atoms with van der Waals surface area (Å²) in [5, 5.41) is 3.36. The van der Waals surface area contributed by atoms with Crippen LogP contribution >= 0.6 is 0 Å². The first-order valence-electron chi connectivity index (χ1n) is 8.68. The van der Waals surface area contributed by atoms with Crippen LogP contribution in [0.5, 0.6) is 11.5 Å². The number of methoxy groups -OCH3 is 2. The molecule has 1 aliphatic heterocycles. The van der Waals surface area contributed by atoms with E-state index in [1.807, 2.05) is 12.1 Å². The van der Waals surface area contributed by atoms with Crippen LogP contribution in [0.4, 0.5) is 17.6 Å². The predicted octanol–water partition coefficient (Wildman–Crippen LogP) is 4.68. The number of hydrogen-bond acceptors (Lipinski definition) is 3. The minimum absolute atomic E-state index is 0.0687. The lowest BCUT2D eigenvalue weighted by Crippen LogP contribution is -2.30. The van der Waals surface area contributed by atoms with E-state index >= 15 is 0 Å². The Morgan fingerprint density at radius 2 is 1.81 bits per heavy atom. The molecular formula is C20H21F4NO2. The molecule has 0 unspecified atom stereocenters. The summed E-state index contributed by atoms with van der Waals surface area (Å²) in [5.74, 6) is 0.0457. The second-order valence-corrected chi connectivity index (χ2v) is 6.48. The van der Waals surface area contributed by atoms with Gasteiger partial charge in [-0.05, 0) is 60.7 Å². The van der Waals surface area contributed by atoms with Gasteiger partial charge in [0.05, 0.1) is 19.8 Å². The Morgan fingerprint density at radius 1 is 1.11 bits per heavy atom. The van der Waals surface area contributed by atoms with Crippen molar-refractivity contribution >= 4 is 0 Å². The van der Waals surface area contributed by atoms with Crippen LogP contribution in [0, 0.1) is 5.82 Å². The van der Waals surface area contributed by atoms with Gasteiger partial charge in [0.25, 0.3) is 0 Å². The molecule has 0 fully saturated rings. The van der Waals surface area contributed by atoms with E-state index < -0.39 is 17.6 Å². The quantitative estimate of drug-likeness (QED) is 0.761. The van der Waals surface area contributed by atoms with Gasteiger partial charge in [-0.15, -0.1) is 0 Å². The summed E-state index contributed by atoms with van der Waals surface area (Å²) in [7, 11) is 3.12. The number of ether oxygens (including phenoxy) is 2. The van der Waals surface area contributed by atoms with Gasteiger partial charge in [-0.2, -0.15) is 13.2 Å². The fourth-order valence-electron chi connectivity index (χ4n) is 3.52. The first-order valence-corrected chi connectivity index (χ1v) is 8.68. The summed E-state index contributed by atoms with van der Waals surface area (Å²) < 4.78 is 63.6. The van der Waals surface area contributed by atoms with Crippen LogP contribution in [0.3, 0.4) is 0 Å². The minimum atomic E-state index is -4.69. The molecule has 1 N–H and O–H groups in total. The van der Waals surface area contributed by atoms with Gasteiger partial charge in [-0.1, -0.05) is 12.1 Å². The fourth-order valence-corrected chi connectivity index (χ4v) is 3.52. The normalized spacial score (nSPS) is 16.7. The van der Waals surface area contributed by atoms with E-state index in [4.69, 9.17) is 9.47 Å². The number of hydrogen-bond donors (Lipinski definition) is 1. The Morgan fingerprint density at radius 3 is 2.48 bits per heavy atom. The first kappa shape index (κ1) is 19.5. The lowest BCUT2D eigenvalue weighted by Gasteiger charge is -2.28. The van der Waals surface area contributed by atoms with E-state index in [0.29, 0.717) is 17.9 Å². The highest BCUT2D eigenvalue weighted by Gasteiger charge is 2.34. The van der Waals surface area contributed by atoms with Crippen molar-refractivity contribution in [3.05, 3.63) is 58.4 Å². The average molecular weight is 383 g/mol. The Balaban J connectivity index is 1.83. The van der Waals surface area contributed by atoms with E-state index in [1.54, 1.807) is 14.2 Å².